The second-order valence-electron chi connectivity index (χ2n) is 19.2. The first-order valence-electron chi connectivity index (χ1n) is 21.4. The van der Waals surface area contributed by atoms with Gasteiger partial charge in [0.2, 0.25) is 11.6 Å². The van der Waals surface area contributed by atoms with E-state index in [1.807, 2.05) is 105 Å². The lowest BCUT2D eigenvalue weighted by molar-refractivity contribution is -0.135. The molecule has 14 nitrogen and oxygen atoms in total. The average Bonchev–Trinajstić information content (AvgIpc) is 4.03. The van der Waals surface area contributed by atoms with Gasteiger partial charge in [-0.3, -0.25) is 24.2 Å². The second-order valence-corrected chi connectivity index (χ2v) is 23.9. The molecule has 0 saturated carbocycles. The average molecular weight is 867 g/mol. The topological polar surface area (TPSA) is 167 Å². The highest BCUT2D eigenvalue weighted by atomic mass is 28.4. The first-order chi connectivity index (χ1) is 29.5. The first-order valence-corrected chi connectivity index (χ1v) is 24.3. The Morgan fingerprint density at radius 1 is 0.774 bits per heavy atom. The van der Waals surface area contributed by atoms with Gasteiger partial charge in [-0.1, -0.05) is 87.5 Å². The predicted molar refractivity (Wildman–Crippen MR) is 230 cm³/mol. The number of ketones is 3. The molecule has 2 aliphatic heterocycles. The van der Waals surface area contributed by atoms with Gasteiger partial charge in [0.15, 0.2) is 31.2 Å². The molecule has 2 aromatic heterocycles. The number of rotatable bonds is 11. The zero-order valence-corrected chi connectivity index (χ0v) is 38.0. The quantitative estimate of drug-likeness (QED) is 0.119. The number of ether oxygens (including phenoxy) is 3. The summed E-state index contributed by atoms with van der Waals surface area (Å²) in [5.41, 5.74) is -0.143. The van der Waals surface area contributed by atoms with Crippen LogP contribution in [0.2, 0.25) is 18.1 Å². The normalized spacial score (nSPS) is 28.6. The van der Waals surface area contributed by atoms with E-state index in [1.165, 1.54) is 6.08 Å². The molecule has 9 rings (SSSR count). The minimum absolute atomic E-state index is 0.000738. The molecule has 15 heteroatoms. The number of hydrogen-bond donors (Lipinski definition) is 1. The third-order valence-corrected chi connectivity index (χ3v) is 18.4. The number of nitrogens with zero attached hydrogens (tertiary/aromatic N) is 4. The molecule has 1 spiro atoms. The summed E-state index contributed by atoms with van der Waals surface area (Å²) in [6.07, 6.45) is 5.34. The van der Waals surface area contributed by atoms with Crippen molar-refractivity contribution in [1.29, 1.82) is 0 Å². The molecule has 62 heavy (non-hydrogen) atoms. The number of benzene rings is 2. The van der Waals surface area contributed by atoms with E-state index in [2.05, 4.69) is 44.2 Å². The highest BCUT2D eigenvalue weighted by Gasteiger charge is 2.70. The van der Waals surface area contributed by atoms with E-state index in [4.69, 9.17) is 27.7 Å². The summed E-state index contributed by atoms with van der Waals surface area (Å²) >= 11 is 0. The number of fused-ring (bicyclic) bond motifs is 4. The van der Waals surface area contributed by atoms with Crippen LogP contribution in [-0.2, 0) is 27.2 Å². The van der Waals surface area contributed by atoms with Crippen LogP contribution in [0.15, 0.2) is 81.9 Å². The molecule has 2 bridgehead atoms. The molecule has 1 N–H and O–H groups in total. The molecule has 3 aliphatic carbocycles. The van der Waals surface area contributed by atoms with Crippen LogP contribution >= 0.6 is 0 Å². The predicted octanol–water partition coefficient (Wildman–Crippen LogP) is 7.17. The molecule has 8 atom stereocenters. The molecule has 330 valence electrons. The van der Waals surface area contributed by atoms with E-state index in [0.29, 0.717) is 36.5 Å². The van der Waals surface area contributed by atoms with Crippen molar-refractivity contribution in [1.82, 2.24) is 20.1 Å². The minimum Gasteiger partial charge on any atom is -0.470 e. The standard InChI is InChI=1S/C26H34N2O5Si.C21H24N2O5/c1-25(2,3)34(6,7)33-26-18(14-11-15-19(26)29)21(28(4)5)22-20(23(26)30)24(27-32-22)31-16-17-12-9-8-10-13-17;1-23(2)17-15-9-14-8-13(10-24)21(15,27-14)19(25)16-18(17)28-22-20(16)26-11-12-6-4-3-5-7-12/h8-13,15,18,21H,14,16H2,1-7H3;3-7,13-15,17,24H,8-11H2,1-2H3/t18-,21-,26-;13?,14-,15-,17-,21+/m00/s1. The van der Waals surface area contributed by atoms with Gasteiger partial charge >= 0.3 is 0 Å². The molecular formula is C47H58N4O10Si. The zero-order chi connectivity index (χ0) is 44.4. The van der Waals surface area contributed by atoms with Gasteiger partial charge in [0.1, 0.15) is 29.9 Å². The summed E-state index contributed by atoms with van der Waals surface area (Å²) in [5, 5.41) is 18.0. The van der Waals surface area contributed by atoms with Gasteiger partial charge in [-0.25, -0.2) is 0 Å². The number of aromatic nitrogens is 2. The van der Waals surface area contributed by atoms with Gasteiger partial charge < -0.3 is 32.8 Å². The fraction of sp³-hybridized carbons (Fsp3) is 0.511. The van der Waals surface area contributed by atoms with E-state index >= 15 is 0 Å². The van der Waals surface area contributed by atoms with Crippen molar-refractivity contribution in [2.75, 3.05) is 34.8 Å². The van der Waals surface area contributed by atoms with Crippen LogP contribution in [0.5, 0.6) is 11.8 Å². The molecule has 5 aliphatic rings. The van der Waals surface area contributed by atoms with Crippen LogP contribution in [-0.4, -0.2) is 103 Å². The highest BCUT2D eigenvalue weighted by Crippen LogP contribution is 2.61. The number of allylic oxidation sites excluding steroid dienone is 1. The Balaban J connectivity index is 0.000000173. The zero-order valence-electron chi connectivity index (χ0n) is 37.0. The largest absolute Gasteiger partial charge is 0.470 e. The van der Waals surface area contributed by atoms with Gasteiger partial charge in [0.25, 0.3) is 11.8 Å². The molecule has 4 heterocycles. The Hall–Kier alpha value is -4.77. The lowest BCUT2D eigenvalue weighted by Crippen LogP contribution is -2.65. The maximum Gasteiger partial charge on any atom is 0.265 e. The van der Waals surface area contributed by atoms with Crippen LogP contribution in [0, 0.1) is 17.8 Å². The molecule has 2 fully saturated rings. The van der Waals surface area contributed by atoms with Crippen molar-refractivity contribution in [2.24, 2.45) is 17.8 Å². The smallest absolute Gasteiger partial charge is 0.265 e. The van der Waals surface area contributed by atoms with E-state index in [0.717, 1.165) is 17.5 Å². The van der Waals surface area contributed by atoms with Crippen LogP contribution in [0.1, 0.15) is 95.5 Å². The van der Waals surface area contributed by atoms with Gasteiger partial charge in [0.05, 0.1) is 18.2 Å². The van der Waals surface area contributed by atoms with Gasteiger partial charge in [0, 0.05) is 24.4 Å². The number of carbonyl (C=O) groups is 3. The van der Waals surface area contributed by atoms with E-state index in [9.17, 15) is 19.5 Å². The molecule has 2 saturated heterocycles. The summed E-state index contributed by atoms with van der Waals surface area (Å²) in [4.78, 5) is 45.6. The van der Waals surface area contributed by atoms with Crippen LogP contribution in [0.25, 0.3) is 0 Å². The monoisotopic (exact) mass is 866 g/mol. The lowest BCUT2D eigenvalue weighted by Gasteiger charge is -2.51. The van der Waals surface area contributed by atoms with E-state index in [1.54, 1.807) is 0 Å². The summed E-state index contributed by atoms with van der Waals surface area (Å²) in [7, 11) is 5.22. The summed E-state index contributed by atoms with van der Waals surface area (Å²) in [6.45, 7) is 10.9. The maximum absolute atomic E-state index is 14.3. The first kappa shape index (κ1) is 43.9. The fourth-order valence-corrected chi connectivity index (χ4v) is 11.5. The van der Waals surface area contributed by atoms with E-state index < -0.39 is 31.2 Å². The number of hydrogen-bond acceptors (Lipinski definition) is 14. The molecule has 4 aromatic rings. The SMILES string of the molecule is CN(C)[C@@H]1c2onc(OCc3ccccc3)c2C(=O)[C@@]2(O[Si](C)(C)C(C)(C)C)C(=O)C=CC[C@@H]12.CN(C)[C@@H]1c2onc(OCc3ccccc3)c2C(=O)[C@@]23O[C@@H](CC2CO)C[C@@H]13. The Morgan fingerprint density at radius 3 is 1.79 bits per heavy atom. The Bertz CT molecular complexity index is 2340. The summed E-state index contributed by atoms with van der Waals surface area (Å²) < 4.78 is 36.3. The minimum atomic E-state index is -2.53. The number of aliphatic hydroxyl groups is 1. The van der Waals surface area contributed by atoms with Gasteiger partial charge in [-0.05, 0) is 93.1 Å². The van der Waals surface area contributed by atoms with Crippen LogP contribution in [0.4, 0.5) is 0 Å². The number of carbonyl (C=O) groups excluding carboxylic acids is 3. The number of Topliss-reactive ketones (excluding diaryl/α,β-unsaturated/α-hetero) is 2. The highest BCUT2D eigenvalue weighted by molar-refractivity contribution is 6.74. The van der Waals surface area contributed by atoms with Crippen molar-refractivity contribution in [3.63, 3.8) is 0 Å². The molecule has 0 radical (unpaired) electrons. The van der Waals surface area contributed by atoms with E-state index in [-0.39, 0.29) is 77.2 Å². The maximum atomic E-state index is 14.3. The van der Waals surface area contributed by atoms with Crippen molar-refractivity contribution in [3.05, 3.63) is 107 Å². The van der Waals surface area contributed by atoms with Crippen molar-refractivity contribution < 1.29 is 47.2 Å². The lowest BCUT2D eigenvalue weighted by atomic mass is 9.61. The van der Waals surface area contributed by atoms with Gasteiger partial charge in [-0.2, -0.15) is 0 Å². The Kier molecular flexibility index (Phi) is 11.6. The summed E-state index contributed by atoms with van der Waals surface area (Å²) in [6, 6.07) is 18.8. The van der Waals surface area contributed by atoms with Crippen LogP contribution < -0.4 is 9.47 Å². The van der Waals surface area contributed by atoms with Crippen molar-refractivity contribution in [2.45, 2.75) is 101 Å². The number of aliphatic hydroxyl groups excluding tert-OH is 1. The van der Waals surface area contributed by atoms with Crippen molar-refractivity contribution in [3.8, 4) is 11.8 Å². The Morgan fingerprint density at radius 2 is 1.29 bits per heavy atom. The van der Waals surface area contributed by atoms with Crippen molar-refractivity contribution >= 4 is 25.7 Å². The van der Waals surface area contributed by atoms with Gasteiger partial charge in [-0.15, -0.1) is 0 Å². The molecule has 1 unspecified atom stereocenters. The molecule has 0 amide bonds. The second kappa shape index (κ2) is 16.4. The fourth-order valence-electron chi connectivity index (χ4n) is 10.0. The van der Waals surface area contributed by atoms with Crippen LogP contribution in [0.3, 0.4) is 0 Å². The molecular weight excluding hydrogens is 809 g/mol. The Labute approximate surface area is 363 Å². The third kappa shape index (κ3) is 7.10. The third-order valence-electron chi connectivity index (χ3n) is 13.9. The summed E-state index contributed by atoms with van der Waals surface area (Å²) in [5.74, 6) is -0.293. The molecule has 2 aromatic carbocycles.